The third-order valence-electron chi connectivity index (χ3n) is 2.59. The van der Waals surface area contributed by atoms with Crippen molar-refractivity contribution in [2.75, 3.05) is 18.5 Å². The Morgan fingerprint density at radius 3 is 2.35 bits per heavy atom. The normalized spacial score (nSPS) is 10.1. The molecular formula is C15H19N3O2. The topological polar surface area (TPSA) is 56.3 Å². The molecule has 0 bridgehead atoms. The summed E-state index contributed by atoms with van der Waals surface area (Å²) < 4.78 is 11.2. The smallest absolute Gasteiger partial charge is 0.161 e. The van der Waals surface area contributed by atoms with Gasteiger partial charge in [-0.3, -0.25) is 4.98 Å². The van der Waals surface area contributed by atoms with Crippen LogP contribution in [-0.4, -0.2) is 23.1 Å². The number of benzene rings is 1. The van der Waals surface area contributed by atoms with Gasteiger partial charge in [0.2, 0.25) is 0 Å². The van der Waals surface area contributed by atoms with Crippen molar-refractivity contribution in [1.82, 2.24) is 9.97 Å². The van der Waals surface area contributed by atoms with Gasteiger partial charge in [-0.25, -0.2) is 4.98 Å². The minimum atomic E-state index is 0.365. The highest BCUT2D eigenvalue weighted by molar-refractivity contribution is 5.39. The van der Waals surface area contributed by atoms with Gasteiger partial charge in [-0.05, 0) is 26.0 Å². The standard InChI is InChI=1S/C15H19N3O2/c1-3-16-15-10-17-12(9-18-15)11-20-14-8-6-5-7-13(14)19-4-2/h5-10H,3-4,11H2,1-2H3,(H,16,18). The van der Waals surface area contributed by atoms with Crippen LogP contribution in [0.4, 0.5) is 5.82 Å². The maximum atomic E-state index is 5.73. The van der Waals surface area contributed by atoms with Crippen molar-refractivity contribution in [3.63, 3.8) is 0 Å². The van der Waals surface area contributed by atoms with E-state index in [1.54, 1.807) is 12.4 Å². The van der Waals surface area contributed by atoms with Crippen molar-refractivity contribution in [2.45, 2.75) is 20.5 Å². The summed E-state index contributed by atoms with van der Waals surface area (Å²) in [5.74, 6) is 2.23. The van der Waals surface area contributed by atoms with Crippen LogP contribution in [0.2, 0.25) is 0 Å². The van der Waals surface area contributed by atoms with Crippen LogP contribution in [0.1, 0.15) is 19.5 Å². The third-order valence-corrected chi connectivity index (χ3v) is 2.59. The molecule has 0 aliphatic rings. The van der Waals surface area contributed by atoms with E-state index in [0.717, 1.165) is 23.8 Å². The number of anilines is 1. The molecule has 0 saturated carbocycles. The molecule has 1 N–H and O–H groups in total. The molecule has 0 radical (unpaired) electrons. The molecule has 0 spiro atoms. The number of aromatic nitrogens is 2. The molecular weight excluding hydrogens is 254 g/mol. The Kier molecular flexibility index (Phi) is 5.17. The van der Waals surface area contributed by atoms with Gasteiger partial charge in [0.1, 0.15) is 12.4 Å². The number of hydrogen-bond donors (Lipinski definition) is 1. The van der Waals surface area contributed by atoms with Crippen molar-refractivity contribution >= 4 is 5.82 Å². The Balaban J connectivity index is 1.97. The van der Waals surface area contributed by atoms with Gasteiger partial charge in [0, 0.05) is 6.54 Å². The molecule has 2 aromatic rings. The van der Waals surface area contributed by atoms with Crippen molar-refractivity contribution in [1.29, 1.82) is 0 Å². The second kappa shape index (κ2) is 7.33. The summed E-state index contributed by atoms with van der Waals surface area (Å²) >= 11 is 0. The average molecular weight is 273 g/mol. The molecule has 5 nitrogen and oxygen atoms in total. The van der Waals surface area contributed by atoms with E-state index >= 15 is 0 Å². The lowest BCUT2D eigenvalue weighted by Crippen LogP contribution is -2.04. The molecule has 0 aliphatic heterocycles. The largest absolute Gasteiger partial charge is 0.490 e. The molecule has 0 atom stereocenters. The van der Waals surface area contributed by atoms with Gasteiger partial charge < -0.3 is 14.8 Å². The van der Waals surface area contributed by atoms with Crippen LogP contribution in [-0.2, 0) is 6.61 Å². The van der Waals surface area contributed by atoms with E-state index in [9.17, 15) is 0 Å². The van der Waals surface area contributed by atoms with Crippen molar-refractivity contribution < 1.29 is 9.47 Å². The SMILES string of the molecule is CCNc1cnc(COc2ccccc2OCC)cn1. The maximum Gasteiger partial charge on any atom is 0.161 e. The number of para-hydroxylation sites is 2. The Morgan fingerprint density at radius 2 is 1.75 bits per heavy atom. The zero-order valence-corrected chi connectivity index (χ0v) is 11.8. The van der Waals surface area contributed by atoms with Crippen molar-refractivity contribution in [2.24, 2.45) is 0 Å². The zero-order chi connectivity index (χ0) is 14.2. The maximum absolute atomic E-state index is 5.73. The minimum absolute atomic E-state index is 0.365. The predicted octanol–water partition coefficient (Wildman–Crippen LogP) is 2.89. The van der Waals surface area contributed by atoms with Gasteiger partial charge in [-0.15, -0.1) is 0 Å². The lowest BCUT2D eigenvalue weighted by atomic mass is 10.3. The summed E-state index contributed by atoms with van der Waals surface area (Å²) in [6.07, 6.45) is 3.41. The van der Waals surface area contributed by atoms with Gasteiger partial charge in [-0.2, -0.15) is 0 Å². The van der Waals surface area contributed by atoms with Crippen LogP contribution in [0.5, 0.6) is 11.5 Å². The Morgan fingerprint density at radius 1 is 1.00 bits per heavy atom. The molecule has 0 amide bonds. The first-order valence-electron chi connectivity index (χ1n) is 6.73. The molecule has 20 heavy (non-hydrogen) atoms. The van der Waals surface area contributed by atoms with Gasteiger partial charge in [0.25, 0.3) is 0 Å². The second-order valence-electron chi connectivity index (χ2n) is 4.09. The molecule has 0 aliphatic carbocycles. The monoisotopic (exact) mass is 273 g/mol. The van der Waals surface area contributed by atoms with E-state index in [-0.39, 0.29) is 0 Å². The van der Waals surface area contributed by atoms with Crippen LogP contribution in [0.3, 0.4) is 0 Å². The summed E-state index contributed by atoms with van der Waals surface area (Å²) in [5, 5.41) is 3.10. The van der Waals surface area contributed by atoms with Crippen molar-refractivity contribution in [3.8, 4) is 11.5 Å². The van der Waals surface area contributed by atoms with E-state index in [1.807, 2.05) is 38.1 Å². The van der Waals surface area contributed by atoms with E-state index in [0.29, 0.717) is 19.0 Å². The number of nitrogens with zero attached hydrogens (tertiary/aromatic N) is 2. The van der Waals surface area contributed by atoms with Crippen LogP contribution >= 0.6 is 0 Å². The Bertz CT molecular complexity index is 529. The van der Waals surface area contributed by atoms with E-state index in [2.05, 4.69) is 15.3 Å². The zero-order valence-electron chi connectivity index (χ0n) is 11.8. The van der Waals surface area contributed by atoms with Gasteiger partial charge in [0.15, 0.2) is 11.5 Å². The lowest BCUT2D eigenvalue weighted by molar-refractivity contribution is 0.266. The molecule has 0 saturated heterocycles. The quantitative estimate of drug-likeness (QED) is 0.840. The van der Waals surface area contributed by atoms with Crippen LogP contribution in [0, 0.1) is 0 Å². The summed E-state index contributed by atoms with van der Waals surface area (Å²) in [6.45, 7) is 5.76. The molecule has 2 rings (SSSR count). The second-order valence-corrected chi connectivity index (χ2v) is 4.09. The molecule has 106 valence electrons. The number of ether oxygens (including phenoxy) is 2. The highest BCUT2D eigenvalue weighted by atomic mass is 16.5. The highest BCUT2D eigenvalue weighted by Crippen LogP contribution is 2.26. The highest BCUT2D eigenvalue weighted by Gasteiger charge is 2.04. The van der Waals surface area contributed by atoms with Crippen LogP contribution in [0.25, 0.3) is 0 Å². The fourth-order valence-electron chi connectivity index (χ4n) is 1.70. The summed E-state index contributed by atoms with van der Waals surface area (Å²) in [7, 11) is 0. The molecule has 0 fully saturated rings. The summed E-state index contributed by atoms with van der Waals surface area (Å²) in [5.41, 5.74) is 0.776. The predicted molar refractivity (Wildman–Crippen MR) is 78.1 cm³/mol. The Labute approximate surface area is 119 Å². The first-order chi connectivity index (χ1) is 9.83. The number of rotatable bonds is 7. The van der Waals surface area contributed by atoms with E-state index in [4.69, 9.17) is 9.47 Å². The van der Waals surface area contributed by atoms with E-state index < -0.39 is 0 Å². The summed E-state index contributed by atoms with van der Waals surface area (Å²) in [4.78, 5) is 8.55. The fraction of sp³-hybridized carbons (Fsp3) is 0.333. The van der Waals surface area contributed by atoms with E-state index in [1.165, 1.54) is 0 Å². The first kappa shape index (κ1) is 14.1. The third kappa shape index (κ3) is 3.85. The van der Waals surface area contributed by atoms with Crippen LogP contribution in [0.15, 0.2) is 36.7 Å². The number of hydrogen-bond acceptors (Lipinski definition) is 5. The molecule has 5 heteroatoms. The lowest BCUT2D eigenvalue weighted by Gasteiger charge is -2.11. The minimum Gasteiger partial charge on any atom is -0.490 e. The molecule has 1 aromatic heterocycles. The Hall–Kier alpha value is -2.30. The summed E-state index contributed by atoms with van der Waals surface area (Å²) in [6, 6.07) is 7.60. The number of nitrogens with one attached hydrogen (secondary N) is 1. The molecule has 1 heterocycles. The van der Waals surface area contributed by atoms with Crippen molar-refractivity contribution in [3.05, 3.63) is 42.4 Å². The first-order valence-corrected chi connectivity index (χ1v) is 6.73. The fourth-order valence-corrected chi connectivity index (χ4v) is 1.70. The average Bonchev–Trinajstić information content (AvgIpc) is 2.48. The van der Waals surface area contributed by atoms with Gasteiger partial charge in [-0.1, -0.05) is 12.1 Å². The molecule has 1 aromatic carbocycles. The molecule has 0 unspecified atom stereocenters. The van der Waals surface area contributed by atoms with Gasteiger partial charge in [0.05, 0.1) is 24.7 Å². The van der Waals surface area contributed by atoms with Crippen LogP contribution < -0.4 is 14.8 Å². The van der Waals surface area contributed by atoms with Gasteiger partial charge >= 0.3 is 0 Å².